The maximum absolute atomic E-state index is 3.96. The van der Waals surface area contributed by atoms with Gasteiger partial charge in [0.05, 0.1) is 0 Å². The first-order valence-electron chi connectivity index (χ1n) is 7.64. The van der Waals surface area contributed by atoms with Crippen LogP contribution in [0.15, 0.2) is 0 Å². The minimum atomic E-state index is 0.389. The van der Waals surface area contributed by atoms with Crippen LogP contribution in [0.4, 0.5) is 0 Å². The molecular weight excluding hydrogens is 220 g/mol. The molecule has 0 aromatic heterocycles. The Morgan fingerprint density at radius 1 is 0.833 bits per heavy atom. The van der Waals surface area contributed by atoms with Crippen molar-refractivity contribution >= 4 is 0 Å². The molecule has 0 aliphatic carbocycles. The second-order valence-electron chi connectivity index (χ2n) is 8.72. The van der Waals surface area contributed by atoms with Gasteiger partial charge in [0.15, 0.2) is 0 Å². The minimum Gasteiger partial charge on any atom is -0.312 e. The van der Waals surface area contributed by atoms with E-state index in [0.29, 0.717) is 28.5 Å². The molecule has 2 saturated heterocycles. The van der Waals surface area contributed by atoms with Gasteiger partial charge < -0.3 is 10.6 Å². The molecule has 0 amide bonds. The zero-order valence-electron chi connectivity index (χ0n) is 13.2. The first-order valence-corrected chi connectivity index (χ1v) is 7.64. The van der Waals surface area contributed by atoms with E-state index in [9.17, 15) is 0 Å². The molecule has 2 heteroatoms. The second-order valence-corrected chi connectivity index (χ2v) is 8.72. The zero-order chi connectivity index (χ0) is 13.6. The molecule has 2 nitrogen and oxygen atoms in total. The molecule has 2 fully saturated rings. The van der Waals surface area contributed by atoms with Crippen molar-refractivity contribution in [3.63, 3.8) is 0 Å². The fourth-order valence-electron chi connectivity index (χ4n) is 3.59. The quantitative estimate of drug-likeness (QED) is 0.691. The largest absolute Gasteiger partial charge is 0.312 e. The van der Waals surface area contributed by atoms with Crippen LogP contribution >= 0.6 is 0 Å². The summed E-state index contributed by atoms with van der Waals surface area (Å²) in [6.07, 6.45) is 5.34. The van der Waals surface area contributed by atoms with Gasteiger partial charge in [0.2, 0.25) is 0 Å². The highest BCUT2D eigenvalue weighted by Gasteiger charge is 2.45. The van der Waals surface area contributed by atoms with E-state index < -0.39 is 0 Å². The van der Waals surface area contributed by atoms with Crippen molar-refractivity contribution in [1.82, 2.24) is 10.6 Å². The third kappa shape index (κ3) is 2.91. The van der Waals surface area contributed by atoms with E-state index in [-0.39, 0.29) is 0 Å². The third-order valence-electron chi connectivity index (χ3n) is 5.08. The molecule has 0 aromatic carbocycles. The lowest BCUT2D eigenvalue weighted by Crippen LogP contribution is -2.60. The van der Waals surface area contributed by atoms with E-state index in [4.69, 9.17) is 0 Å². The van der Waals surface area contributed by atoms with Crippen molar-refractivity contribution < 1.29 is 0 Å². The van der Waals surface area contributed by atoms with Gasteiger partial charge in [-0.05, 0) is 36.5 Å². The van der Waals surface area contributed by atoms with Crippen LogP contribution in [0.3, 0.4) is 0 Å². The molecule has 0 aromatic rings. The lowest BCUT2D eigenvalue weighted by molar-refractivity contribution is 0.151. The summed E-state index contributed by atoms with van der Waals surface area (Å²) in [5.74, 6) is 0. The molecule has 0 radical (unpaired) electrons. The average molecular weight is 252 g/mol. The monoisotopic (exact) mass is 252 g/mol. The molecule has 2 aliphatic heterocycles. The zero-order valence-corrected chi connectivity index (χ0v) is 13.2. The molecule has 2 aliphatic rings. The van der Waals surface area contributed by atoms with Gasteiger partial charge in [-0.25, -0.2) is 0 Å². The SMILES string of the molecule is CC(C)(C)C1CCC2(CCC(C(C)(C)C)N2)CN1. The standard InChI is InChI=1S/C16H32N2/c1-14(2,3)12-7-9-16(11-17-12)10-8-13(18-16)15(4,5)6/h12-13,17-18H,7-11H2,1-6H3. The van der Waals surface area contributed by atoms with Gasteiger partial charge >= 0.3 is 0 Å². The van der Waals surface area contributed by atoms with Crippen molar-refractivity contribution in [3.05, 3.63) is 0 Å². The number of piperidine rings is 1. The van der Waals surface area contributed by atoms with E-state index in [1.807, 2.05) is 0 Å². The van der Waals surface area contributed by atoms with Gasteiger partial charge in [-0.2, -0.15) is 0 Å². The molecule has 2 rings (SSSR count). The third-order valence-corrected chi connectivity index (χ3v) is 5.08. The predicted molar refractivity (Wildman–Crippen MR) is 78.8 cm³/mol. The predicted octanol–water partition coefficient (Wildman–Crippen LogP) is 3.32. The molecule has 18 heavy (non-hydrogen) atoms. The maximum atomic E-state index is 3.96. The maximum Gasteiger partial charge on any atom is 0.0310 e. The van der Waals surface area contributed by atoms with E-state index in [1.165, 1.54) is 25.7 Å². The molecule has 2 heterocycles. The highest BCUT2D eigenvalue weighted by molar-refractivity contribution is 5.06. The fraction of sp³-hybridized carbons (Fsp3) is 1.00. The van der Waals surface area contributed by atoms with Gasteiger partial charge in [0, 0.05) is 24.2 Å². The van der Waals surface area contributed by atoms with Gasteiger partial charge in [-0.1, -0.05) is 41.5 Å². The Morgan fingerprint density at radius 3 is 1.72 bits per heavy atom. The van der Waals surface area contributed by atoms with Crippen LogP contribution in [-0.4, -0.2) is 24.2 Å². The number of nitrogens with one attached hydrogen (secondary N) is 2. The van der Waals surface area contributed by atoms with Crippen LogP contribution in [0, 0.1) is 10.8 Å². The summed E-state index contributed by atoms with van der Waals surface area (Å²) in [6, 6.07) is 1.36. The van der Waals surface area contributed by atoms with Crippen LogP contribution in [0.25, 0.3) is 0 Å². The van der Waals surface area contributed by atoms with Crippen LogP contribution in [0.1, 0.15) is 67.2 Å². The summed E-state index contributed by atoms with van der Waals surface area (Å²) in [5, 5.41) is 7.76. The van der Waals surface area contributed by atoms with Gasteiger partial charge in [-0.15, -0.1) is 0 Å². The Morgan fingerprint density at radius 2 is 1.33 bits per heavy atom. The number of hydrogen-bond acceptors (Lipinski definition) is 2. The summed E-state index contributed by atoms with van der Waals surface area (Å²) in [5.41, 5.74) is 1.17. The van der Waals surface area contributed by atoms with Crippen molar-refractivity contribution in [3.8, 4) is 0 Å². The Kier molecular flexibility index (Phi) is 3.57. The first-order chi connectivity index (χ1) is 8.12. The summed E-state index contributed by atoms with van der Waals surface area (Å²) >= 11 is 0. The molecule has 3 atom stereocenters. The first kappa shape index (κ1) is 14.3. The minimum absolute atomic E-state index is 0.389. The summed E-state index contributed by atoms with van der Waals surface area (Å²) < 4.78 is 0. The van der Waals surface area contributed by atoms with Crippen LogP contribution in [0.2, 0.25) is 0 Å². The molecule has 3 unspecified atom stereocenters. The van der Waals surface area contributed by atoms with Crippen LogP contribution in [-0.2, 0) is 0 Å². The Balaban J connectivity index is 1.94. The van der Waals surface area contributed by atoms with Crippen molar-refractivity contribution in [2.24, 2.45) is 10.8 Å². The number of rotatable bonds is 0. The van der Waals surface area contributed by atoms with E-state index in [2.05, 4.69) is 52.2 Å². The molecule has 2 N–H and O–H groups in total. The lowest BCUT2D eigenvalue weighted by Gasteiger charge is -2.44. The lowest BCUT2D eigenvalue weighted by atomic mass is 9.77. The van der Waals surface area contributed by atoms with Crippen LogP contribution < -0.4 is 10.6 Å². The summed E-state index contributed by atoms with van der Waals surface area (Å²) in [7, 11) is 0. The molecular formula is C16H32N2. The summed E-state index contributed by atoms with van der Waals surface area (Å²) in [6.45, 7) is 15.3. The van der Waals surface area contributed by atoms with E-state index >= 15 is 0 Å². The molecule has 106 valence electrons. The van der Waals surface area contributed by atoms with E-state index in [0.717, 1.165) is 6.54 Å². The van der Waals surface area contributed by atoms with Gasteiger partial charge in [0.1, 0.15) is 0 Å². The fourth-order valence-corrected chi connectivity index (χ4v) is 3.59. The smallest absolute Gasteiger partial charge is 0.0310 e. The van der Waals surface area contributed by atoms with Crippen molar-refractivity contribution in [2.45, 2.75) is 84.8 Å². The molecule has 0 saturated carbocycles. The highest BCUT2D eigenvalue weighted by Crippen LogP contribution is 2.39. The van der Waals surface area contributed by atoms with E-state index in [1.54, 1.807) is 0 Å². The van der Waals surface area contributed by atoms with Gasteiger partial charge in [-0.3, -0.25) is 0 Å². The molecule has 1 spiro atoms. The van der Waals surface area contributed by atoms with Crippen molar-refractivity contribution in [2.75, 3.05) is 6.54 Å². The normalized spacial score (nSPS) is 38.3. The topological polar surface area (TPSA) is 24.1 Å². The van der Waals surface area contributed by atoms with Gasteiger partial charge in [0.25, 0.3) is 0 Å². The number of hydrogen-bond donors (Lipinski definition) is 2. The Hall–Kier alpha value is -0.0800. The highest BCUT2D eigenvalue weighted by atomic mass is 15.1. The molecule has 0 bridgehead atoms. The second kappa shape index (κ2) is 4.49. The summed E-state index contributed by atoms with van der Waals surface area (Å²) in [4.78, 5) is 0. The Labute approximate surface area is 113 Å². The Bertz CT molecular complexity index is 287. The average Bonchev–Trinajstić information content (AvgIpc) is 2.61. The van der Waals surface area contributed by atoms with Crippen molar-refractivity contribution in [1.29, 1.82) is 0 Å². The van der Waals surface area contributed by atoms with Crippen LogP contribution in [0.5, 0.6) is 0 Å².